The molecule has 0 spiro atoms. The number of halogens is 2. The molecule has 0 atom stereocenters. The zero-order valence-electron chi connectivity index (χ0n) is 14.6. The molecule has 1 heterocycles. The van der Waals surface area contributed by atoms with Crippen molar-refractivity contribution in [2.75, 3.05) is 17.7 Å². The van der Waals surface area contributed by atoms with Gasteiger partial charge in [0.05, 0.1) is 24.0 Å². The normalized spacial score (nSPS) is 10.4. The summed E-state index contributed by atoms with van der Waals surface area (Å²) in [7, 11) is 1.51. The van der Waals surface area contributed by atoms with E-state index in [2.05, 4.69) is 20.6 Å². The fourth-order valence-corrected chi connectivity index (χ4v) is 2.34. The van der Waals surface area contributed by atoms with Crippen molar-refractivity contribution < 1.29 is 18.3 Å². The molecule has 0 fully saturated rings. The molecule has 2 aromatic carbocycles. The van der Waals surface area contributed by atoms with Crippen LogP contribution in [0.4, 0.5) is 26.1 Å². The number of aryl methyl sites for hydroxylation is 1. The van der Waals surface area contributed by atoms with Gasteiger partial charge in [-0.05, 0) is 36.8 Å². The van der Waals surface area contributed by atoms with Gasteiger partial charge in [-0.1, -0.05) is 6.07 Å². The lowest BCUT2D eigenvalue weighted by molar-refractivity contribution is 0.102. The number of ether oxygens (including phenoxy) is 1. The first-order valence-corrected chi connectivity index (χ1v) is 7.96. The maximum absolute atomic E-state index is 13.7. The largest absolute Gasteiger partial charge is 0.495 e. The van der Waals surface area contributed by atoms with E-state index in [0.717, 1.165) is 17.7 Å². The maximum atomic E-state index is 13.7. The van der Waals surface area contributed by atoms with Crippen LogP contribution in [0.15, 0.2) is 48.8 Å². The van der Waals surface area contributed by atoms with Crippen molar-refractivity contribution in [3.63, 3.8) is 0 Å². The van der Waals surface area contributed by atoms with Gasteiger partial charge in [0.2, 0.25) is 5.95 Å². The maximum Gasteiger partial charge on any atom is 0.258 e. The van der Waals surface area contributed by atoms with E-state index >= 15 is 0 Å². The highest BCUT2D eigenvalue weighted by Gasteiger charge is 2.12. The van der Waals surface area contributed by atoms with E-state index in [-0.39, 0.29) is 17.2 Å². The van der Waals surface area contributed by atoms with Crippen molar-refractivity contribution in [1.29, 1.82) is 0 Å². The topological polar surface area (TPSA) is 76.1 Å². The van der Waals surface area contributed by atoms with Crippen LogP contribution in [0.1, 0.15) is 15.9 Å². The minimum Gasteiger partial charge on any atom is -0.495 e. The molecule has 0 aliphatic rings. The molecule has 0 saturated carbocycles. The summed E-state index contributed by atoms with van der Waals surface area (Å²) < 4.78 is 31.8. The Morgan fingerprint density at radius 2 is 1.78 bits per heavy atom. The third kappa shape index (κ3) is 4.35. The minimum atomic E-state index is -0.771. The van der Waals surface area contributed by atoms with Gasteiger partial charge >= 0.3 is 0 Å². The average Bonchev–Trinajstić information content (AvgIpc) is 2.65. The highest BCUT2D eigenvalue weighted by atomic mass is 19.1. The number of rotatable bonds is 5. The van der Waals surface area contributed by atoms with Crippen molar-refractivity contribution in [1.82, 2.24) is 9.97 Å². The van der Waals surface area contributed by atoms with Crippen LogP contribution in [-0.2, 0) is 0 Å². The number of carbonyl (C=O) groups is 1. The quantitative estimate of drug-likeness (QED) is 0.708. The summed E-state index contributed by atoms with van der Waals surface area (Å²) in [6.07, 6.45) is 2.60. The summed E-state index contributed by atoms with van der Waals surface area (Å²) in [5, 5.41) is 5.36. The van der Waals surface area contributed by atoms with Gasteiger partial charge in [-0.2, -0.15) is 0 Å². The van der Waals surface area contributed by atoms with E-state index in [0.29, 0.717) is 11.4 Å². The molecule has 6 nitrogen and oxygen atoms in total. The van der Waals surface area contributed by atoms with Gasteiger partial charge in [0.15, 0.2) is 0 Å². The third-order valence-corrected chi connectivity index (χ3v) is 3.69. The molecular formula is C19H16F2N4O2. The van der Waals surface area contributed by atoms with Crippen LogP contribution in [-0.4, -0.2) is 23.0 Å². The summed E-state index contributed by atoms with van der Waals surface area (Å²) in [5.41, 5.74) is 1.73. The van der Waals surface area contributed by atoms with Crippen molar-refractivity contribution in [2.24, 2.45) is 0 Å². The second-order valence-electron chi connectivity index (χ2n) is 5.70. The molecule has 8 heteroatoms. The summed E-state index contributed by atoms with van der Waals surface area (Å²) >= 11 is 0. The van der Waals surface area contributed by atoms with E-state index < -0.39 is 17.5 Å². The molecule has 0 unspecified atom stereocenters. The van der Waals surface area contributed by atoms with Crippen LogP contribution in [0, 0.1) is 18.6 Å². The van der Waals surface area contributed by atoms with Gasteiger partial charge in [-0.3, -0.25) is 4.79 Å². The number of aromatic nitrogens is 2. The van der Waals surface area contributed by atoms with Gasteiger partial charge in [-0.25, -0.2) is 18.7 Å². The Kier molecular flexibility index (Phi) is 5.25. The number of nitrogens with zero attached hydrogens (tertiary/aromatic N) is 2. The van der Waals surface area contributed by atoms with E-state index in [4.69, 9.17) is 4.74 Å². The Labute approximate surface area is 154 Å². The second kappa shape index (κ2) is 7.77. The molecule has 0 saturated heterocycles. The Hall–Kier alpha value is -3.55. The highest BCUT2D eigenvalue weighted by Crippen LogP contribution is 2.25. The molecular weight excluding hydrogens is 354 g/mol. The van der Waals surface area contributed by atoms with E-state index in [1.165, 1.54) is 25.6 Å². The van der Waals surface area contributed by atoms with Gasteiger partial charge in [0.25, 0.3) is 5.91 Å². The number of anilines is 3. The molecule has 1 amide bonds. The highest BCUT2D eigenvalue weighted by molar-refractivity contribution is 6.04. The van der Waals surface area contributed by atoms with Crippen LogP contribution in [0.25, 0.3) is 0 Å². The number of hydrogen-bond donors (Lipinski definition) is 2. The molecule has 1 aromatic heterocycles. The Balaban J connectivity index is 1.73. The SMILES string of the molecule is COc1ccc(C)cc1NC(=O)c1cnc(Nc2ccc(F)cc2F)nc1. The molecule has 27 heavy (non-hydrogen) atoms. The molecule has 2 N–H and O–H groups in total. The van der Waals surface area contributed by atoms with E-state index in [1.807, 2.05) is 13.0 Å². The Morgan fingerprint density at radius 3 is 2.44 bits per heavy atom. The predicted molar refractivity (Wildman–Crippen MR) is 97.4 cm³/mol. The number of carbonyl (C=O) groups excluding carboxylic acids is 1. The third-order valence-electron chi connectivity index (χ3n) is 3.69. The van der Waals surface area contributed by atoms with Crippen LogP contribution in [0.2, 0.25) is 0 Å². The minimum absolute atomic E-state index is 0.0260. The number of hydrogen-bond acceptors (Lipinski definition) is 5. The lowest BCUT2D eigenvalue weighted by Crippen LogP contribution is -2.14. The molecule has 0 aliphatic carbocycles. The van der Waals surface area contributed by atoms with Crippen molar-refractivity contribution in [2.45, 2.75) is 6.92 Å². The first-order chi connectivity index (χ1) is 13.0. The Morgan fingerprint density at radius 1 is 1.04 bits per heavy atom. The zero-order valence-corrected chi connectivity index (χ0v) is 14.6. The van der Waals surface area contributed by atoms with E-state index in [1.54, 1.807) is 12.1 Å². The molecule has 3 aromatic rings. The van der Waals surface area contributed by atoms with Crippen LogP contribution in [0.5, 0.6) is 5.75 Å². The zero-order chi connectivity index (χ0) is 19.4. The molecule has 0 bridgehead atoms. The fraction of sp³-hybridized carbons (Fsp3) is 0.105. The van der Waals surface area contributed by atoms with Gasteiger partial charge in [0, 0.05) is 18.5 Å². The number of methoxy groups -OCH3 is 1. The number of amides is 1. The van der Waals surface area contributed by atoms with Gasteiger partial charge < -0.3 is 15.4 Å². The monoisotopic (exact) mass is 370 g/mol. The van der Waals surface area contributed by atoms with Crippen molar-refractivity contribution in [3.8, 4) is 5.75 Å². The van der Waals surface area contributed by atoms with Crippen LogP contribution in [0.3, 0.4) is 0 Å². The summed E-state index contributed by atoms with van der Waals surface area (Å²) in [4.78, 5) is 20.4. The van der Waals surface area contributed by atoms with Crippen LogP contribution < -0.4 is 15.4 Å². The lowest BCUT2D eigenvalue weighted by Gasteiger charge is -2.11. The molecule has 0 radical (unpaired) electrons. The lowest BCUT2D eigenvalue weighted by atomic mass is 10.2. The summed E-state index contributed by atoms with van der Waals surface area (Å²) in [5.74, 6) is -1.27. The number of benzene rings is 2. The summed E-state index contributed by atoms with van der Waals surface area (Å²) in [6, 6.07) is 8.50. The van der Waals surface area contributed by atoms with E-state index in [9.17, 15) is 13.6 Å². The second-order valence-corrected chi connectivity index (χ2v) is 5.70. The van der Waals surface area contributed by atoms with Gasteiger partial charge in [-0.15, -0.1) is 0 Å². The van der Waals surface area contributed by atoms with Crippen LogP contribution >= 0.6 is 0 Å². The standard InChI is InChI=1S/C19H16F2N4O2/c1-11-3-6-17(27-2)16(7-11)24-18(26)12-9-22-19(23-10-12)25-15-5-4-13(20)8-14(15)21/h3-10H,1-2H3,(H,24,26)(H,22,23,25). The van der Waals surface area contributed by atoms with Crippen molar-refractivity contribution in [3.05, 3.63) is 71.6 Å². The number of nitrogens with one attached hydrogen (secondary N) is 2. The molecule has 3 rings (SSSR count). The Bertz CT molecular complexity index is 978. The van der Waals surface area contributed by atoms with Crippen molar-refractivity contribution >= 4 is 23.2 Å². The predicted octanol–water partition coefficient (Wildman–Crippen LogP) is 4.07. The first kappa shape index (κ1) is 18.2. The average molecular weight is 370 g/mol. The first-order valence-electron chi connectivity index (χ1n) is 7.96. The summed E-state index contributed by atoms with van der Waals surface area (Å²) in [6.45, 7) is 1.90. The fourth-order valence-electron chi connectivity index (χ4n) is 2.34. The molecule has 0 aliphatic heterocycles. The van der Waals surface area contributed by atoms with Gasteiger partial charge in [0.1, 0.15) is 17.4 Å². The molecule has 138 valence electrons. The smallest absolute Gasteiger partial charge is 0.258 e.